The first-order valence-corrected chi connectivity index (χ1v) is 5.20. The number of hydrogen-bond acceptors (Lipinski definition) is 3. The number of hydrogen-bond donors (Lipinski definition) is 1. The minimum absolute atomic E-state index is 0.0473. The number of ether oxygens (including phenoxy) is 1. The van der Waals surface area contributed by atoms with Crippen LogP contribution in [-0.2, 0) is 6.61 Å². The van der Waals surface area contributed by atoms with Crippen LogP contribution < -0.4 is 4.74 Å². The van der Waals surface area contributed by atoms with Crippen molar-refractivity contribution in [2.75, 3.05) is 0 Å². The molecule has 0 saturated heterocycles. The molecule has 0 aliphatic rings. The minimum Gasteiger partial charge on any atom is -0.452 e. The molecular weight excluding hydrogens is 221 g/mol. The summed E-state index contributed by atoms with van der Waals surface area (Å²) in [6.07, 6.45) is 1.64. The Bertz CT molecular complexity index is 529. The van der Waals surface area contributed by atoms with Gasteiger partial charge in [0.1, 0.15) is 5.75 Å². The third-order valence-electron chi connectivity index (χ3n) is 2.39. The van der Waals surface area contributed by atoms with Crippen molar-refractivity contribution in [3.8, 4) is 11.5 Å². The largest absolute Gasteiger partial charge is 0.452 e. The van der Waals surface area contributed by atoms with Crippen LogP contribution in [0.3, 0.4) is 0 Å². The van der Waals surface area contributed by atoms with Gasteiger partial charge in [0.25, 0.3) is 0 Å². The van der Waals surface area contributed by atoms with E-state index < -0.39 is 5.82 Å². The van der Waals surface area contributed by atoms with Crippen molar-refractivity contribution in [2.45, 2.75) is 13.5 Å². The van der Waals surface area contributed by atoms with Crippen molar-refractivity contribution in [2.24, 2.45) is 0 Å². The molecule has 0 amide bonds. The topological polar surface area (TPSA) is 42.4 Å². The number of aromatic nitrogens is 1. The Morgan fingerprint density at radius 3 is 2.82 bits per heavy atom. The Labute approximate surface area is 98.5 Å². The second kappa shape index (κ2) is 4.93. The van der Waals surface area contributed by atoms with E-state index in [0.717, 1.165) is 0 Å². The van der Waals surface area contributed by atoms with Crippen LogP contribution in [0.15, 0.2) is 36.5 Å². The maximum absolute atomic E-state index is 13.6. The number of halogens is 1. The molecule has 17 heavy (non-hydrogen) atoms. The van der Waals surface area contributed by atoms with Crippen molar-refractivity contribution in [1.29, 1.82) is 0 Å². The van der Waals surface area contributed by atoms with Crippen LogP contribution in [0.4, 0.5) is 4.39 Å². The molecule has 4 heteroatoms. The fraction of sp³-hybridized carbons (Fsp3) is 0.154. The minimum atomic E-state index is -0.500. The Kier molecular flexibility index (Phi) is 3.35. The summed E-state index contributed by atoms with van der Waals surface area (Å²) >= 11 is 0. The summed E-state index contributed by atoms with van der Waals surface area (Å²) in [5, 5.41) is 9.13. The average Bonchev–Trinajstić information content (AvgIpc) is 2.34. The van der Waals surface area contributed by atoms with Crippen LogP contribution >= 0.6 is 0 Å². The normalized spacial score (nSPS) is 10.3. The Morgan fingerprint density at radius 2 is 2.12 bits per heavy atom. The number of para-hydroxylation sites is 1. The number of aliphatic hydroxyl groups is 1. The fourth-order valence-electron chi connectivity index (χ4n) is 1.48. The van der Waals surface area contributed by atoms with Gasteiger partial charge >= 0.3 is 0 Å². The van der Waals surface area contributed by atoms with Gasteiger partial charge < -0.3 is 9.84 Å². The zero-order chi connectivity index (χ0) is 12.3. The molecule has 0 unspecified atom stereocenters. The van der Waals surface area contributed by atoms with Gasteiger partial charge in [-0.05, 0) is 25.1 Å². The highest BCUT2D eigenvalue weighted by molar-refractivity contribution is 5.39. The van der Waals surface area contributed by atoms with Crippen molar-refractivity contribution in [3.05, 3.63) is 53.6 Å². The smallest absolute Gasteiger partial charge is 0.168 e. The van der Waals surface area contributed by atoms with Gasteiger partial charge in [0, 0.05) is 11.8 Å². The van der Waals surface area contributed by atoms with Crippen molar-refractivity contribution in [1.82, 2.24) is 4.98 Å². The maximum atomic E-state index is 13.6. The molecule has 2 aromatic rings. The van der Waals surface area contributed by atoms with E-state index in [9.17, 15) is 4.39 Å². The van der Waals surface area contributed by atoms with E-state index in [1.807, 2.05) is 0 Å². The third-order valence-corrected chi connectivity index (χ3v) is 2.39. The summed E-state index contributed by atoms with van der Waals surface area (Å²) in [7, 11) is 0. The lowest BCUT2D eigenvalue weighted by Gasteiger charge is -2.11. The first-order valence-electron chi connectivity index (χ1n) is 5.20. The standard InChI is InChI=1S/C13H12FNO2/c1-9-12(6-3-7-15-9)17-13-10(8-16)4-2-5-11(13)14/h2-7,16H,8H2,1H3. The van der Waals surface area contributed by atoms with Gasteiger partial charge in [-0.3, -0.25) is 4.98 Å². The molecule has 0 aliphatic carbocycles. The summed E-state index contributed by atoms with van der Waals surface area (Å²) in [5.41, 5.74) is 1.08. The molecule has 88 valence electrons. The van der Waals surface area contributed by atoms with E-state index >= 15 is 0 Å². The highest BCUT2D eigenvalue weighted by atomic mass is 19.1. The zero-order valence-electron chi connectivity index (χ0n) is 9.35. The van der Waals surface area contributed by atoms with Crippen molar-refractivity contribution >= 4 is 0 Å². The molecular formula is C13H12FNO2. The Hall–Kier alpha value is -1.94. The number of aliphatic hydroxyl groups excluding tert-OH is 1. The Balaban J connectivity index is 2.39. The van der Waals surface area contributed by atoms with Gasteiger partial charge in [-0.25, -0.2) is 4.39 Å². The Morgan fingerprint density at radius 1 is 1.29 bits per heavy atom. The summed E-state index contributed by atoms with van der Waals surface area (Å²) in [6.45, 7) is 1.50. The van der Waals surface area contributed by atoms with Gasteiger partial charge in [0.2, 0.25) is 0 Å². The van der Waals surface area contributed by atoms with Crippen LogP contribution in [0.5, 0.6) is 11.5 Å². The number of aryl methyl sites for hydroxylation is 1. The summed E-state index contributed by atoms with van der Waals surface area (Å²) in [5.74, 6) is 0.0261. The molecule has 0 spiro atoms. The molecule has 1 N–H and O–H groups in total. The lowest BCUT2D eigenvalue weighted by atomic mass is 10.2. The van der Waals surface area contributed by atoms with Crippen LogP contribution in [-0.4, -0.2) is 10.1 Å². The zero-order valence-corrected chi connectivity index (χ0v) is 9.35. The number of nitrogens with zero attached hydrogens (tertiary/aromatic N) is 1. The van der Waals surface area contributed by atoms with Crippen LogP contribution in [0.2, 0.25) is 0 Å². The lowest BCUT2D eigenvalue weighted by molar-refractivity contribution is 0.274. The molecule has 1 aromatic heterocycles. The summed E-state index contributed by atoms with van der Waals surface area (Å²) in [6, 6.07) is 7.85. The molecule has 0 bridgehead atoms. The first kappa shape index (κ1) is 11.5. The SMILES string of the molecule is Cc1ncccc1Oc1c(F)cccc1CO. The maximum Gasteiger partial charge on any atom is 0.168 e. The number of benzene rings is 1. The first-order chi connectivity index (χ1) is 8.22. The highest BCUT2D eigenvalue weighted by Crippen LogP contribution is 2.29. The van der Waals surface area contributed by atoms with E-state index in [-0.39, 0.29) is 12.4 Å². The number of rotatable bonds is 3. The second-order valence-electron chi connectivity index (χ2n) is 3.58. The lowest BCUT2D eigenvalue weighted by Crippen LogP contribution is -1.97. The van der Waals surface area contributed by atoms with Gasteiger partial charge in [-0.1, -0.05) is 12.1 Å². The molecule has 0 radical (unpaired) electrons. The summed E-state index contributed by atoms with van der Waals surface area (Å²) < 4.78 is 19.1. The van der Waals surface area contributed by atoms with Crippen molar-refractivity contribution < 1.29 is 14.2 Å². The van der Waals surface area contributed by atoms with Gasteiger partial charge in [0.15, 0.2) is 11.6 Å². The molecule has 1 aromatic carbocycles. The second-order valence-corrected chi connectivity index (χ2v) is 3.58. The molecule has 2 rings (SSSR count). The molecule has 0 aliphatic heterocycles. The van der Waals surface area contributed by atoms with E-state index in [1.54, 1.807) is 31.3 Å². The molecule has 0 saturated carbocycles. The molecule has 1 heterocycles. The van der Waals surface area contributed by atoms with E-state index in [1.165, 1.54) is 12.1 Å². The predicted molar refractivity (Wildman–Crippen MR) is 61.4 cm³/mol. The molecule has 0 atom stereocenters. The van der Waals surface area contributed by atoms with Crippen molar-refractivity contribution in [3.63, 3.8) is 0 Å². The molecule has 3 nitrogen and oxygen atoms in total. The quantitative estimate of drug-likeness (QED) is 0.886. The van der Waals surface area contributed by atoms with Gasteiger partial charge in [0.05, 0.1) is 12.3 Å². The average molecular weight is 233 g/mol. The van der Waals surface area contributed by atoms with Gasteiger partial charge in [-0.15, -0.1) is 0 Å². The van der Waals surface area contributed by atoms with Crippen LogP contribution in [0, 0.1) is 12.7 Å². The fourth-order valence-corrected chi connectivity index (χ4v) is 1.48. The van der Waals surface area contributed by atoms with E-state index in [2.05, 4.69) is 4.98 Å². The molecule has 0 fully saturated rings. The summed E-state index contributed by atoms with van der Waals surface area (Å²) in [4.78, 5) is 4.05. The highest BCUT2D eigenvalue weighted by Gasteiger charge is 2.11. The predicted octanol–water partition coefficient (Wildman–Crippen LogP) is 2.81. The monoisotopic (exact) mass is 233 g/mol. The van der Waals surface area contributed by atoms with Crippen LogP contribution in [0.25, 0.3) is 0 Å². The van der Waals surface area contributed by atoms with Crippen LogP contribution in [0.1, 0.15) is 11.3 Å². The van der Waals surface area contributed by atoms with E-state index in [4.69, 9.17) is 9.84 Å². The number of pyridine rings is 1. The van der Waals surface area contributed by atoms with Gasteiger partial charge in [-0.2, -0.15) is 0 Å². The third kappa shape index (κ3) is 2.42. The van der Waals surface area contributed by atoms with E-state index in [0.29, 0.717) is 17.0 Å².